The first-order valence-electron chi connectivity index (χ1n) is 7.88. The summed E-state index contributed by atoms with van der Waals surface area (Å²) in [5.41, 5.74) is 6.41. The lowest BCUT2D eigenvalue weighted by molar-refractivity contribution is -0.161. The number of carbonyl (C=O) groups is 2. The number of pyridine rings is 1. The van der Waals surface area contributed by atoms with Crippen molar-refractivity contribution in [1.29, 1.82) is 0 Å². The lowest BCUT2D eigenvalue weighted by atomic mass is 9.95. The van der Waals surface area contributed by atoms with Crippen molar-refractivity contribution in [2.24, 2.45) is 0 Å². The van der Waals surface area contributed by atoms with Gasteiger partial charge in [0.2, 0.25) is 5.54 Å². The highest BCUT2D eigenvalue weighted by molar-refractivity contribution is 6.07. The van der Waals surface area contributed by atoms with Crippen LogP contribution in [0.1, 0.15) is 5.56 Å². The topological polar surface area (TPSA) is 118 Å². The molecule has 8 heteroatoms. The molecule has 4 N–H and O–H groups in total. The Hall–Kier alpha value is -2.71. The number of methoxy groups -OCH3 is 1. The van der Waals surface area contributed by atoms with E-state index in [1.54, 1.807) is 12.3 Å². The number of nitrogens with two attached hydrogens (primary N) is 1. The largest absolute Gasteiger partial charge is 0.479 e. The first kappa shape index (κ1) is 17.1. The number of benzene rings is 1. The quantitative estimate of drug-likeness (QED) is 0.664. The average Bonchev–Trinajstić information content (AvgIpc) is 2.58. The number of carboxylic acids is 1. The fourth-order valence-electron chi connectivity index (χ4n) is 3.09. The zero-order valence-corrected chi connectivity index (χ0v) is 13.9. The molecule has 0 saturated carbocycles. The van der Waals surface area contributed by atoms with Crippen LogP contribution in [-0.2, 0) is 20.9 Å². The Labute approximate surface area is 144 Å². The molecule has 8 nitrogen and oxygen atoms in total. The van der Waals surface area contributed by atoms with E-state index in [1.807, 2.05) is 18.2 Å². The number of fused-ring (bicyclic) bond motifs is 1. The summed E-state index contributed by atoms with van der Waals surface area (Å²) in [5.74, 6) is -1.74. The van der Waals surface area contributed by atoms with Crippen LogP contribution >= 0.6 is 0 Å². The number of nitrogens with zero attached hydrogens (tertiary/aromatic N) is 2. The molecule has 3 rings (SSSR count). The molecule has 132 valence electrons. The van der Waals surface area contributed by atoms with Crippen LogP contribution in [0.15, 0.2) is 30.5 Å². The minimum atomic E-state index is -1.74. The van der Waals surface area contributed by atoms with E-state index in [0.29, 0.717) is 25.3 Å². The van der Waals surface area contributed by atoms with Crippen LogP contribution in [0.3, 0.4) is 0 Å². The van der Waals surface area contributed by atoms with E-state index >= 15 is 0 Å². The number of aromatic nitrogens is 1. The summed E-state index contributed by atoms with van der Waals surface area (Å²) in [6, 6.07) is 7.32. The monoisotopic (exact) mass is 344 g/mol. The highest BCUT2D eigenvalue weighted by atomic mass is 16.5. The molecule has 1 aliphatic heterocycles. The van der Waals surface area contributed by atoms with Crippen LogP contribution in [0.5, 0.6) is 0 Å². The molecule has 1 saturated heterocycles. The van der Waals surface area contributed by atoms with Crippen LogP contribution in [0, 0.1) is 0 Å². The number of nitrogens with one attached hydrogen (secondary N) is 1. The third-order valence-electron chi connectivity index (χ3n) is 4.40. The van der Waals surface area contributed by atoms with Crippen LogP contribution < -0.4 is 11.1 Å². The zero-order chi connectivity index (χ0) is 18.0. The molecule has 0 bridgehead atoms. The molecule has 0 radical (unpaired) electrons. The van der Waals surface area contributed by atoms with Gasteiger partial charge in [-0.05, 0) is 17.7 Å². The first-order valence-corrected chi connectivity index (χ1v) is 7.88. The van der Waals surface area contributed by atoms with Crippen LogP contribution in [-0.4, -0.2) is 59.2 Å². The predicted octanol–water partition coefficient (Wildman–Crippen LogP) is 0.219. The first-order chi connectivity index (χ1) is 12.0. The van der Waals surface area contributed by atoms with E-state index in [4.69, 9.17) is 10.5 Å². The molecule has 0 aliphatic carbocycles. The highest BCUT2D eigenvalue weighted by Gasteiger charge is 2.50. The van der Waals surface area contributed by atoms with Gasteiger partial charge in [-0.2, -0.15) is 0 Å². The molecule has 1 aromatic carbocycles. The smallest absolute Gasteiger partial charge is 0.336 e. The maximum absolute atomic E-state index is 12.8. The third-order valence-corrected chi connectivity index (χ3v) is 4.40. The van der Waals surface area contributed by atoms with E-state index in [-0.39, 0.29) is 6.61 Å². The average molecular weight is 344 g/mol. The minimum absolute atomic E-state index is 0.229. The standard InChI is InChI=1S/C17H20N4O4/c1-25-10-17(16(23)24)15(22)21(7-6-20-17)9-11-2-3-12-13(18)4-5-19-14(12)8-11/h2-5,8,20H,6-7,9-10H2,1H3,(H2,18,19)(H,23,24). The van der Waals surface area contributed by atoms with E-state index < -0.39 is 17.4 Å². The van der Waals surface area contributed by atoms with Crippen molar-refractivity contribution in [2.45, 2.75) is 12.1 Å². The van der Waals surface area contributed by atoms with Crippen molar-refractivity contribution in [3.8, 4) is 0 Å². The van der Waals surface area contributed by atoms with Gasteiger partial charge >= 0.3 is 5.97 Å². The van der Waals surface area contributed by atoms with Crippen LogP contribution in [0.25, 0.3) is 10.9 Å². The summed E-state index contributed by atoms with van der Waals surface area (Å²) in [4.78, 5) is 30.3. The van der Waals surface area contributed by atoms with Gasteiger partial charge < -0.3 is 20.5 Å². The molecule has 1 aromatic heterocycles. The second-order valence-corrected chi connectivity index (χ2v) is 6.05. The maximum Gasteiger partial charge on any atom is 0.336 e. The van der Waals surface area contributed by atoms with Crippen LogP contribution in [0.2, 0.25) is 0 Å². The van der Waals surface area contributed by atoms with Crippen molar-refractivity contribution in [2.75, 3.05) is 32.5 Å². The molecular formula is C17H20N4O4. The number of hydrogen-bond donors (Lipinski definition) is 3. The molecule has 1 atom stereocenters. The Balaban J connectivity index is 1.87. The van der Waals surface area contributed by atoms with Gasteiger partial charge in [0, 0.05) is 44.0 Å². The molecule has 2 heterocycles. The summed E-state index contributed by atoms with van der Waals surface area (Å²) < 4.78 is 4.97. The van der Waals surface area contributed by atoms with Gasteiger partial charge in [-0.1, -0.05) is 12.1 Å². The van der Waals surface area contributed by atoms with E-state index in [1.165, 1.54) is 12.0 Å². The number of rotatable bonds is 5. The van der Waals surface area contributed by atoms with Crippen molar-refractivity contribution in [1.82, 2.24) is 15.2 Å². The molecular weight excluding hydrogens is 324 g/mol. The van der Waals surface area contributed by atoms with Gasteiger partial charge in [-0.15, -0.1) is 0 Å². The van der Waals surface area contributed by atoms with Crippen LogP contribution in [0.4, 0.5) is 5.69 Å². The summed E-state index contributed by atoms with van der Waals surface area (Å²) in [7, 11) is 1.37. The molecule has 1 aliphatic rings. The third kappa shape index (κ3) is 3.01. The number of aliphatic carboxylic acids is 1. The normalized spacial score (nSPS) is 20.8. The fourth-order valence-corrected chi connectivity index (χ4v) is 3.09. The second-order valence-electron chi connectivity index (χ2n) is 6.05. The predicted molar refractivity (Wildman–Crippen MR) is 91.8 cm³/mol. The van der Waals surface area contributed by atoms with Gasteiger partial charge in [0.25, 0.3) is 5.91 Å². The highest BCUT2D eigenvalue weighted by Crippen LogP contribution is 2.22. The van der Waals surface area contributed by atoms with Crippen molar-refractivity contribution < 1.29 is 19.4 Å². The Morgan fingerprint density at radius 2 is 2.28 bits per heavy atom. The summed E-state index contributed by atoms with van der Waals surface area (Å²) in [6.07, 6.45) is 1.63. The number of carbonyl (C=O) groups excluding carboxylic acids is 1. The lowest BCUT2D eigenvalue weighted by Gasteiger charge is -2.39. The number of carboxylic acid groups (broad SMARTS) is 1. The molecule has 25 heavy (non-hydrogen) atoms. The fraction of sp³-hybridized carbons (Fsp3) is 0.353. The Morgan fingerprint density at radius 1 is 1.48 bits per heavy atom. The number of piperazine rings is 1. The van der Waals surface area contributed by atoms with E-state index in [0.717, 1.165) is 16.5 Å². The van der Waals surface area contributed by atoms with Crippen molar-refractivity contribution in [3.05, 3.63) is 36.0 Å². The summed E-state index contributed by atoms with van der Waals surface area (Å²) in [6.45, 7) is 0.860. The van der Waals surface area contributed by atoms with E-state index in [9.17, 15) is 14.7 Å². The number of nitrogen functional groups attached to an aromatic ring is 1. The number of ether oxygens (including phenoxy) is 1. The maximum atomic E-state index is 12.8. The zero-order valence-electron chi connectivity index (χ0n) is 13.9. The molecule has 1 amide bonds. The molecule has 1 fully saturated rings. The minimum Gasteiger partial charge on any atom is -0.479 e. The van der Waals surface area contributed by atoms with Gasteiger partial charge in [0.1, 0.15) is 0 Å². The number of hydrogen-bond acceptors (Lipinski definition) is 6. The van der Waals surface area contributed by atoms with E-state index in [2.05, 4.69) is 10.3 Å². The Kier molecular flexibility index (Phi) is 4.56. The molecule has 1 unspecified atom stereocenters. The SMILES string of the molecule is COCC1(C(=O)O)NCCN(Cc2ccc3c(N)ccnc3c2)C1=O. The number of anilines is 1. The lowest BCUT2D eigenvalue weighted by Crippen LogP contribution is -2.70. The second kappa shape index (κ2) is 6.66. The summed E-state index contributed by atoms with van der Waals surface area (Å²) in [5, 5.41) is 13.2. The molecule has 0 spiro atoms. The Bertz CT molecular complexity index is 821. The Morgan fingerprint density at radius 3 is 3.00 bits per heavy atom. The molecule has 2 aromatic rings. The summed E-state index contributed by atoms with van der Waals surface area (Å²) >= 11 is 0. The van der Waals surface area contributed by atoms with Gasteiger partial charge in [-0.3, -0.25) is 15.1 Å². The van der Waals surface area contributed by atoms with Gasteiger partial charge in [-0.25, -0.2) is 4.79 Å². The van der Waals surface area contributed by atoms with Gasteiger partial charge in [0.15, 0.2) is 0 Å². The number of amides is 1. The van der Waals surface area contributed by atoms with Crippen molar-refractivity contribution in [3.63, 3.8) is 0 Å². The van der Waals surface area contributed by atoms with Gasteiger partial charge in [0.05, 0.1) is 12.1 Å². The van der Waals surface area contributed by atoms with Crippen molar-refractivity contribution >= 4 is 28.5 Å².